The Balaban J connectivity index is 2.41. The molecule has 2 aromatic carbocycles. The van der Waals surface area contributed by atoms with Gasteiger partial charge in [-0.2, -0.15) is 0 Å². The molecule has 0 fully saturated rings. The lowest BCUT2D eigenvalue weighted by Crippen LogP contribution is -2.10. The van der Waals surface area contributed by atoms with E-state index in [0.29, 0.717) is 11.3 Å². The molecule has 0 aliphatic heterocycles. The van der Waals surface area contributed by atoms with Crippen molar-refractivity contribution in [2.75, 3.05) is 11.9 Å². The zero-order valence-corrected chi connectivity index (χ0v) is 11.2. The molecule has 1 N–H and O–H groups in total. The highest BCUT2D eigenvalue weighted by atomic mass is 16.6. The number of hydrogen-bond donors (Lipinski definition) is 1. The van der Waals surface area contributed by atoms with Crippen molar-refractivity contribution in [1.29, 1.82) is 0 Å². The molecule has 0 aliphatic rings. The van der Waals surface area contributed by atoms with E-state index in [1.54, 1.807) is 18.2 Å². The smallest absolute Gasteiger partial charge is 0.277 e. The standard InChI is InChI=1S/C15H18N2O2/c1-3-11(2)10-16-14-8-9-15(17(18)19)13-7-5-4-6-12(13)14/h4-9,11,16H,3,10H2,1-2H3. The van der Waals surface area contributed by atoms with Crippen molar-refractivity contribution in [3.05, 3.63) is 46.5 Å². The maximum atomic E-state index is 11.0. The number of nitro benzene ring substituents is 1. The molecule has 100 valence electrons. The van der Waals surface area contributed by atoms with Gasteiger partial charge in [0.2, 0.25) is 0 Å². The van der Waals surface area contributed by atoms with Crippen LogP contribution in [-0.4, -0.2) is 11.5 Å². The van der Waals surface area contributed by atoms with Crippen LogP contribution in [0, 0.1) is 16.0 Å². The van der Waals surface area contributed by atoms with Gasteiger partial charge < -0.3 is 5.32 Å². The van der Waals surface area contributed by atoms with Crippen LogP contribution in [-0.2, 0) is 0 Å². The fourth-order valence-corrected chi connectivity index (χ4v) is 2.03. The van der Waals surface area contributed by atoms with Gasteiger partial charge in [0.05, 0.1) is 10.3 Å². The second kappa shape index (κ2) is 5.69. The number of anilines is 1. The van der Waals surface area contributed by atoms with Crippen molar-refractivity contribution in [3.8, 4) is 0 Å². The predicted molar refractivity (Wildman–Crippen MR) is 78.5 cm³/mol. The van der Waals surface area contributed by atoms with E-state index in [4.69, 9.17) is 0 Å². The third kappa shape index (κ3) is 2.84. The number of fused-ring (bicyclic) bond motifs is 1. The molecular formula is C15H18N2O2. The summed E-state index contributed by atoms with van der Waals surface area (Å²) >= 11 is 0. The first-order chi connectivity index (χ1) is 9.13. The maximum Gasteiger partial charge on any atom is 0.277 e. The quantitative estimate of drug-likeness (QED) is 0.645. The van der Waals surface area contributed by atoms with Crippen molar-refractivity contribution in [2.45, 2.75) is 20.3 Å². The lowest BCUT2D eigenvalue weighted by molar-refractivity contribution is -0.383. The molecule has 0 saturated heterocycles. The minimum absolute atomic E-state index is 0.157. The molecule has 19 heavy (non-hydrogen) atoms. The molecule has 2 rings (SSSR count). The number of nitrogens with zero attached hydrogens (tertiary/aromatic N) is 1. The average Bonchev–Trinajstić information content (AvgIpc) is 2.43. The number of non-ortho nitro benzene ring substituents is 1. The van der Waals surface area contributed by atoms with Crippen molar-refractivity contribution >= 4 is 22.1 Å². The topological polar surface area (TPSA) is 55.2 Å². The van der Waals surface area contributed by atoms with Gasteiger partial charge in [0.25, 0.3) is 5.69 Å². The molecule has 0 saturated carbocycles. The van der Waals surface area contributed by atoms with Crippen LogP contribution in [0.25, 0.3) is 10.8 Å². The molecule has 1 atom stereocenters. The van der Waals surface area contributed by atoms with Crippen LogP contribution in [0.5, 0.6) is 0 Å². The fourth-order valence-electron chi connectivity index (χ4n) is 2.03. The summed E-state index contributed by atoms with van der Waals surface area (Å²) in [5, 5.41) is 16.0. The lowest BCUT2D eigenvalue weighted by atomic mass is 10.1. The van der Waals surface area contributed by atoms with Gasteiger partial charge in [-0.3, -0.25) is 10.1 Å². The van der Waals surface area contributed by atoms with Crippen LogP contribution in [0.1, 0.15) is 20.3 Å². The second-order valence-corrected chi connectivity index (χ2v) is 4.83. The van der Waals surface area contributed by atoms with Crippen LogP contribution in [0.3, 0.4) is 0 Å². The van der Waals surface area contributed by atoms with Crippen LogP contribution in [0.2, 0.25) is 0 Å². The first-order valence-corrected chi connectivity index (χ1v) is 6.53. The number of benzene rings is 2. The molecule has 0 radical (unpaired) electrons. The largest absolute Gasteiger partial charge is 0.384 e. The van der Waals surface area contributed by atoms with Crippen LogP contribution in [0.4, 0.5) is 11.4 Å². The number of rotatable bonds is 5. The van der Waals surface area contributed by atoms with Gasteiger partial charge in [0, 0.05) is 23.7 Å². The van der Waals surface area contributed by atoms with E-state index in [1.807, 2.05) is 18.2 Å². The minimum Gasteiger partial charge on any atom is -0.384 e. The van der Waals surface area contributed by atoms with E-state index >= 15 is 0 Å². The van der Waals surface area contributed by atoms with Crippen molar-refractivity contribution in [3.63, 3.8) is 0 Å². The molecule has 4 nitrogen and oxygen atoms in total. The third-order valence-corrected chi connectivity index (χ3v) is 3.44. The highest BCUT2D eigenvalue weighted by molar-refractivity contribution is 5.99. The maximum absolute atomic E-state index is 11.0. The summed E-state index contributed by atoms with van der Waals surface area (Å²) in [5.41, 5.74) is 1.12. The first kappa shape index (κ1) is 13.3. The monoisotopic (exact) mass is 258 g/mol. The highest BCUT2D eigenvalue weighted by Gasteiger charge is 2.13. The average molecular weight is 258 g/mol. The normalized spacial score (nSPS) is 12.3. The van der Waals surface area contributed by atoms with Gasteiger partial charge in [-0.15, -0.1) is 0 Å². The highest BCUT2D eigenvalue weighted by Crippen LogP contribution is 2.31. The van der Waals surface area contributed by atoms with Gasteiger partial charge in [0.1, 0.15) is 0 Å². The molecule has 0 heterocycles. The third-order valence-electron chi connectivity index (χ3n) is 3.44. The zero-order chi connectivity index (χ0) is 13.8. The summed E-state index contributed by atoms with van der Waals surface area (Å²) in [5.74, 6) is 0.578. The number of hydrogen-bond acceptors (Lipinski definition) is 3. The summed E-state index contributed by atoms with van der Waals surface area (Å²) < 4.78 is 0. The van der Waals surface area contributed by atoms with Crippen LogP contribution < -0.4 is 5.32 Å². The summed E-state index contributed by atoms with van der Waals surface area (Å²) in [7, 11) is 0. The summed E-state index contributed by atoms with van der Waals surface area (Å²) in [6.07, 6.45) is 1.11. The fraction of sp³-hybridized carbons (Fsp3) is 0.333. The summed E-state index contributed by atoms with van der Waals surface area (Å²) in [4.78, 5) is 10.7. The van der Waals surface area contributed by atoms with E-state index in [1.165, 1.54) is 0 Å². The molecule has 0 amide bonds. The molecule has 0 spiro atoms. The van der Waals surface area contributed by atoms with E-state index in [9.17, 15) is 10.1 Å². The SMILES string of the molecule is CCC(C)CNc1ccc([N+](=O)[O-])c2ccccc12. The molecule has 2 aromatic rings. The van der Waals surface area contributed by atoms with Gasteiger partial charge in [-0.05, 0) is 18.1 Å². The molecule has 0 aliphatic carbocycles. The first-order valence-electron chi connectivity index (χ1n) is 6.53. The van der Waals surface area contributed by atoms with Crippen LogP contribution in [0.15, 0.2) is 36.4 Å². The zero-order valence-electron chi connectivity index (χ0n) is 11.2. The Morgan fingerprint density at radius 3 is 2.53 bits per heavy atom. The second-order valence-electron chi connectivity index (χ2n) is 4.83. The molecule has 0 aromatic heterocycles. The lowest BCUT2D eigenvalue weighted by Gasteiger charge is -2.13. The van der Waals surface area contributed by atoms with Gasteiger partial charge in [0.15, 0.2) is 0 Å². The van der Waals surface area contributed by atoms with E-state index in [-0.39, 0.29) is 10.6 Å². The summed E-state index contributed by atoms with van der Waals surface area (Å²) in [6, 6.07) is 10.8. The predicted octanol–water partition coefficient (Wildman–Crippen LogP) is 4.21. The van der Waals surface area contributed by atoms with Gasteiger partial charge >= 0.3 is 0 Å². The van der Waals surface area contributed by atoms with Gasteiger partial charge in [-0.1, -0.05) is 38.5 Å². The van der Waals surface area contributed by atoms with Gasteiger partial charge in [-0.25, -0.2) is 0 Å². The van der Waals surface area contributed by atoms with E-state index < -0.39 is 0 Å². The van der Waals surface area contributed by atoms with Crippen molar-refractivity contribution in [2.24, 2.45) is 5.92 Å². The molecule has 0 bridgehead atoms. The minimum atomic E-state index is -0.333. The Morgan fingerprint density at radius 1 is 1.21 bits per heavy atom. The Hall–Kier alpha value is -2.10. The van der Waals surface area contributed by atoms with E-state index in [0.717, 1.165) is 24.0 Å². The van der Waals surface area contributed by atoms with E-state index in [2.05, 4.69) is 19.2 Å². The van der Waals surface area contributed by atoms with Crippen molar-refractivity contribution < 1.29 is 4.92 Å². The summed E-state index contributed by atoms with van der Waals surface area (Å²) in [6.45, 7) is 5.21. The van der Waals surface area contributed by atoms with Crippen LogP contribution >= 0.6 is 0 Å². The molecular weight excluding hydrogens is 240 g/mol. The number of nitrogens with one attached hydrogen (secondary N) is 1. The van der Waals surface area contributed by atoms with Crippen molar-refractivity contribution in [1.82, 2.24) is 0 Å². The molecule has 4 heteroatoms. The Morgan fingerprint density at radius 2 is 1.89 bits per heavy atom. The number of nitro groups is 1. The Labute approximate surface area is 112 Å². The molecule has 1 unspecified atom stereocenters. The Bertz CT molecular complexity index is 596. The Kier molecular flexibility index (Phi) is 4.00.